The van der Waals surface area contributed by atoms with E-state index in [0.717, 1.165) is 31.2 Å². The second-order valence-corrected chi connectivity index (χ2v) is 6.79. The molecule has 0 amide bonds. The first-order chi connectivity index (χ1) is 12.7. The molecule has 0 bridgehead atoms. The number of hydrogen-bond donors (Lipinski definition) is 1. The van der Waals surface area contributed by atoms with Crippen LogP contribution in [0.4, 0.5) is 10.3 Å². The first-order valence-corrected chi connectivity index (χ1v) is 8.84. The molecule has 26 heavy (non-hydrogen) atoms. The quantitative estimate of drug-likeness (QED) is 0.763. The number of nitrogens with zero attached hydrogens (tertiary/aromatic N) is 5. The molecule has 6 nitrogen and oxygen atoms in total. The second kappa shape index (κ2) is 6.82. The lowest BCUT2D eigenvalue weighted by atomic mass is 9.78. The normalized spacial score (nSPS) is 15.9. The summed E-state index contributed by atoms with van der Waals surface area (Å²) in [6, 6.07) is 8.89. The summed E-state index contributed by atoms with van der Waals surface area (Å²) in [6.45, 7) is 0.607. The number of anilines is 1. The maximum absolute atomic E-state index is 14.4. The van der Waals surface area contributed by atoms with Crippen molar-refractivity contribution in [3.63, 3.8) is 0 Å². The molecule has 3 aromatic rings. The van der Waals surface area contributed by atoms with Gasteiger partial charge < -0.3 is 5.32 Å². The van der Waals surface area contributed by atoms with Gasteiger partial charge in [0.1, 0.15) is 17.8 Å². The SMILES string of the molecule is Cn1ncnc1-c1ccnc(NCC2(c3ccccc3F)CCCC2)n1. The van der Waals surface area contributed by atoms with Crippen LogP contribution < -0.4 is 5.32 Å². The minimum absolute atomic E-state index is 0.134. The van der Waals surface area contributed by atoms with Crippen LogP contribution in [0.3, 0.4) is 0 Å². The Hall–Kier alpha value is -2.83. The molecule has 2 aromatic heterocycles. The van der Waals surface area contributed by atoms with Gasteiger partial charge in [-0.1, -0.05) is 31.0 Å². The van der Waals surface area contributed by atoms with Crippen LogP contribution in [0.5, 0.6) is 0 Å². The first-order valence-electron chi connectivity index (χ1n) is 8.84. The summed E-state index contributed by atoms with van der Waals surface area (Å²) < 4.78 is 16.1. The monoisotopic (exact) mass is 352 g/mol. The molecule has 1 fully saturated rings. The number of aromatic nitrogens is 5. The van der Waals surface area contributed by atoms with Crippen molar-refractivity contribution in [2.45, 2.75) is 31.1 Å². The lowest BCUT2D eigenvalue weighted by molar-refractivity contribution is 0.437. The summed E-state index contributed by atoms with van der Waals surface area (Å²) in [4.78, 5) is 13.1. The van der Waals surface area contributed by atoms with Gasteiger partial charge in [0.2, 0.25) is 5.95 Å². The summed E-state index contributed by atoms with van der Waals surface area (Å²) in [5, 5.41) is 7.40. The van der Waals surface area contributed by atoms with E-state index in [2.05, 4.69) is 25.4 Å². The zero-order chi connectivity index (χ0) is 18.0. The van der Waals surface area contributed by atoms with E-state index in [-0.39, 0.29) is 11.2 Å². The first kappa shape index (κ1) is 16.6. The van der Waals surface area contributed by atoms with Crippen molar-refractivity contribution < 1.29 is 4.39 Å². The maximum Gasteiger partial charge on any atom is 0.223 e. The van der Waals surface area contributed by atoms with Crippen LogP contribution in [0.2, 0.25) is 0 Å². The number of nitrogens with one attached hydrogen (secondary N) is 1. The van der Waals surface area contributed by atoms with Gasteiger partial charge in [-0.25, -0.2) is 24.0 Å². The highest BCUT2D eigenvalue weighted by Crippen LogP contribution is 2.42. The van der Waals surface area contributed by atoms with E-state index in [1.165, 1.54) is 6.33 Å². The molecule has 1 saturated carbocycles. The van der Waals surface area contributed by atoms with Gasteiger partial charge in [-0.2, -0.15) is 5.10 Å². The number of aryl methyl sites for hydroxylation is 1. The van der Waals surface area contributed by atoms with E-state index in [4.69, 9.17) is 0 Å². The molecule has 0 atom stereocenters. The van der Waals surface area contributed by atoms with Crippen molar-refractivity contribution in [2.24, 2.45) is 7.05 Å². The van der Waals surface area contributed by atoms with Crippen LogP contribution in [0, 0.1) is 5.82 Å². The van der Waals surface area contributed by atoms with E-state index in [1.807, 2.05) is 19.2 Å². The van der Waals surface area contributed by atoms with Gasteiger partial charge in [0.05, 0.1) is 0 Å². The van der Waals surface area contributed by atoms with E-state index < -0.39 is 0 Å². The van der Waals surface area contributed by atoms with Crippen molar-refractivity contribution in [1.29, 1.82) is 0 Å². The average molecular weight is 352 g/mol. The zero-order valence-electron chi connectivity index (χ0n) is 14.7. The molecular weight excluding hydrogens is 331 g/mol. The van der Waals surface area contributed by atoms with Crippen LogP contribution in [0.15, 0.2) is 42.9 Å². The lowest BCUT2D eigenvalue weighted by Crippen LogP contribution is -2.33. The van der Waals surface area contributed by atoms with Crippen LogP contribution in [-0.4, -0.2) is 31.3 Å². The van der Waals surface area contributed by atoms with Gasteiger partial charge in [-0.15, -0.1) is 0 Å². The third-order valence-corrected chi connectivity index (χ3v) is 5.19. The van der Waals surface area contributed by atoms with Crippen LogP contribution in [-0.2, 0) is 12.5 Å². The van der Waals surface area contributed by atoms with Crippen LogP contribution in [0.25, 0.3) is 11.5 Å². The van der Waals surface area contributed by atoms with Crippen molar-refractivity contribution in [3.8, 4) is 11.5 Å². The highest BCUT2D eigenvalue weighted by Gasteiger charge is 2.37. The molecule has 0 saturated heterocycles. The number of halogens is 1. The Morgan fingerprint density at radius 3 is 2.69 bits per heavy atom. The standard InChI is InChI=1S/C19H21FN6/c1-26-17(23-13-24-26)16-8-11-21-18(25-16)22-12-19(9-4-5-10-19)14-6-2-3-7-15(14)20/h2-3,6-8,11,13H,4-5,9-10,12H2,1H3,(H,21,22,25). The largest absolute Gasteiger partial charge is 0.353 e. The van der Waals surface area contributed by atoms with Crippen molar-refractivity contribution in [1.82, 2.24) is 24.7 Å². The molecule has 0 spiro atoms. The summed E-state index contributed by atoms with van der Waals surface area (Å²) in [6.07, 6.45) is 7.33. The highest BCUT2D eigenvalue weighted by atomic mass is 19.1. The molecule has 0 aliphatic heterocycles. The van der Waals surface area contributed by atoms with Gasteiger partial charge in [0.15, 0.2) is 5.82 Å². The van der Waals surface area contributed by atoms with Crippen molar-refractivity contribution in [2.75, 3.05) is 11.9 Å². The Morgan fingerprint density at radius 2 is 1.96 bits per heavy atom. The Kier molecular flexibility index (Phi) is 4.36. The Labute approximate surface area is 151 Å². The molecule has 7 heteroatoms. The van der Waals surface area contributed by atoms with Gasteiger partial charge in [0, 0.05) is 25.2 Å². The number of benzene rings is 1. The minimum atomic E-state index is -0.213. The second-order valence-electron chi connectivity index (χ2n) is 6.79. The maximum atomic E-state index is 14.4. The molecule has 1 aromatic carbocycles. The predicted molar refractivity (Wildman–Crippen MR) is 97.1 cm³/mol. The Bertz CT molecular complexity index is 900. The minimum Gasteiger partial charge on any atom is -0.353 e. The third kappa shape index (κ3) is 3.05. The van der Waals surface area contributed by atoms with E-state index in [0.29, 0.717) is 24.0 Å². The van der Waals surface area contributed by atoms with E-state index >= 15 is 0 Å². The third-order valence-electron chi connectivity index (χ3n) is 5.19. The van der Waals surface area contributed by atoms with Gasteiger partial charge in [0.25, 0.3) is 0 Å². The van der Waals surface area contributed by atoms with Gasteiger partial charge in [-0.3, -0.25) is 0 Å². The summed E-state index contributed by atoms with van der Waals surface area (Å²) in [5.41, 5.74) is 1.28. The Morgan fingerprint density at radius 1 is 1.15 bits per heavy atom. The van der Waals surface area contributed by atoms with E-state index in [1.54, 1.807) is 29.1 Å². The molecule has 2 heterocycles. The van der Waals surface area contributed by atoms with Crippen LogP contribution in [0.1, 0.15) is 31.2 Å². The van der Waals surface area contributed by atoms with Crippen molar-refractivity contribution in [3.05, 3.63) is 54.2 Å². The van der Waals surface area contributed by atoms with Gasteiger partial charge >= 0.3 is 0 Å². The predicted octanol–water partition coefficient (Wildman–Crippen LogP) is 3.34. The Balaban J connectivity index is 1.58. The fourth-order valence-corrected chi connectivity index (χ4v) is 3.83. The average Bonchev–Trinajstić information content (AvgIpc) is 3.30. The molecular formula is C19H21FN6. The van der Waals surface area contributed by atoms with Crippen molar-refractivity contribution >= 4 is 5.95 Å². The molecule has 0 radical (unpaired) electrons. The molecule has 1 N–H and O–H groups in total. The van der Waals surface area contributed by atoms with E-state index in [9.17, 15) is 4.39 Å². The molecule has 1 aliphatic rings. The molecule has 0 unspecified atom stereocenters. The van der Waals surface area contributed by atoms with Crippen LogP contribution >= 0.6 is 0 Å². The number of rotatable bonds is 5. The number of hydrogen-bond acceptors (Lipinski definition) is 5. The zero-order valence-corrected chi connectivity index (χ0v) is 14.7. The topological polar surface area (TPSA) is 68.5 Å². The smallest absolute Gasteiger partial charge is 0.223 e. The molecule has 1 aliphatic carbocycles. The van der Waals surface area contributed by atoms with Gasteiger partial charge in [-0.05, 0) is 30.5 Å². The fraction of sp³-hybridized carbons (Fsp3) is 0.368. The summed E-state index contributed by atoms with van der Waals surface area (Å²) in [7, 11) is 1.82. The summed E-state index contributed by atoms with van der Waals surface area (Å²) in [5.74, 6) is 1.07. The molecule has 4 rings (SSSR count). The fourth-order valence-electron chi connectivity index (χ4n) is 3.83. The summed E-state index contributed by atoms with van der Waals surface area (Å²) >= 11 is 0. The molecule has 134 valence electrons. The lowest BCUT2D eigenvalue weighted by Gasteiger charge is -2.30. The highest BCUT2D eigenvalue weighted by molar-refractivity contribution is 5.50.